The zero-order chi connectivity index (χ0) is 22.7. The predicted octanol–water partition coefficient (Wildman–Crippen LogP) is 4.57. The van der Waals surface area contributed by atoms with E-state index in [1.807, 2.05) is 51.1 Å². The van der Waals surface area contributed by atoms with Crippen LogP contribution in [0.5, 0.6) is 0 Å². The maximum Gasteiger partial charge on any atom is 0.315 e. The Labute approximate surface area is 192 Å². The fraction of sp³-hybridized carbons (Fsp3) is 0.391. The quantitative estimate of drug-likeness (QED) is 0.392. The zero-order valence-electron chi connectivity index (χ0n) is 18.5. The molecule has 1 aromatic carbocycles. The monoisotopic (exact) mass is 453 g/mol. The summed E-state index contributed by atoms with van der Waals surface area (Å²) in [5.41, 5.74) is 2.94. The third kappa shape index (κ3) is 5.56. The number of nitrogens with one attached hydrogen (secondary N) is 4. The molecule has 8 nitrogen and oxygen atoms in total. The van der Waals surface area contributed by atoms with Crippen LogP contribution in [0.15, 0.2) is 36.5 Å². The molecule has 2 amide bonds. The second-order valence-corrected chi connectivity index (χ2v) is 9.33. The van der Waals surface area contributed by atoms with Crippen molar-refractivity contribution >= 4 is 23.6 Å². The van der Waals surface area contributed by atoms with Gasteiger partial charge < -0.3 is 20.9 Å². The van der Waals surface area contributed by atoms with Gasteiger partial charge in [-0.3, -0.25) is 0 Å². The molecular formula is C23H28ClN7O. The summed E-state index contributed by atoms with van der Waals surface area (Å²) >= 11 is 6.47. The molecule has 1 saturated carbocycles. The number of carbonyl (C=O) groups is 1. The number of H-pyrrole nitrogens is 1. The van der Waals surface area contributed by atoms with Crippen molar-refractivity contribution in [1.29, 1.82) is 0 Å². The second kappa shape index (κ2) is 9.16. The van der Waals surface area contributed by atoms with Crippen LogP contribution in [0, 0.1) is 0 Å². The smallest absolute Gasteiger partial charge is 0.315 e. The number of rotatable bonds is 7. The number of amides is 2. The Morgan fingerprint density at radius 2 is 1.94 bits per heavy atom. The predicted molar refractivity (Wildman–Crippen MR) is 127 cm³/mol. The van der Waals surface area contributed by atoms with Gasteiger partial charge in [0, 0.05) is 36.3 Å². The summed E-state index contributed by atoms with van der Waals surface area (Å²) in [6, 6.07) is 9.33. The van der Waals surface area contributed by atoms with Crippen LogP contribution in [-0.2, 0) is 0 Å². The molecule has 2 aromatic heterocycles. The molecule has 0 unspecified atom stereocenters. The Bertz CT molecular complexity index is 1100. The van der Waals surface area contributed by atoms with Crippen LogP contribution in [0.1, 0.15) is 45.4 Å². The number of anilines is 1. The van der Waals surface area contributed by atoms with E-state index in [1.165, 1.54) is 0 Å². The fourth-order valence-corrected chi connectivity index (χ4v) is 3.52. The van der Waals surface area contributed by atoms with Gasteiger partial charge in [0.25, 0.3) is 0 Å². The van der Waals surface area contributed by atoms with Crippen molar-refractivity contribution in [3.05, 3.63) is 47.4 Å². The Kier molecular flexibility index (Phi) is 6.32. The number of halogens is 1. The molecule has 0 spiro atoms. The van der Waals surface area contributed by atoms with E-state index in [0.717, 1.165) is 41.3 Å². The molecule has 1 aliphatic rings. The van der Waals surface area contributed by atoms with Crippen molar-refractivity contribution in [2.24, 2.45) is 0 Å². The van der Waals surface area contributed by atoms with Crippen LogP contribution in [-0.4, -0.2) is 44.6 Å². The third-order valence-corrected chi connectivity index (χ3v) is 5.24. The number of urea groups is 1. The highest BCUT2D eigenvalue weighted by atomic mass is 35.5. The molecule has 3 aromatic rings. The second-order valence-electron chi connectivity index (χ2n) is 8.92. The Balaban J connectivity index is 1.49. The number of aromatic nitrogens is 4. The SMILES string of the molecule is CC(C)(C)NC(=O)NCCNc1nccc(-c2[nH]c(C3CC3)nc2-c2ccccc2Cl)n1. The third-order valence-electron chi connectivity index (χ3n) is 4.91. The molecule has 32 heavy (non-hydrogen) atoms. The standard InChI is InChI=1S/C23H28ClN7O/c1-23(2,3)31-22(32)27-13-12-26-21-25-11-10-17(28-21)19-18(15-6-4-5-7-16(15)24)29-20(30-19)14-8-9-14/h4-7,10-11,14H,8-9,12-13H2,1-3H3,(H,29,30)(H,25,26,28)(H2,27,31,32). The number of hydrogen-bond donors (Lipinski definition) is 4. The van der Waals surface area contributed by atoms with E-state index < -0.39 is 0 Å². The minimum Gasteiger partial charge on any atom is -0.352 e. The van der Waals surface area contributed by atoms with Crippen LogP contribution >= 0.6 is 11.6 Å². The molecule has 1 fully saturated rings. The number of aromatic amines is 1. The lowest BCUT2D eigenvalue weighted by molar-refractivity contribution is 0.232. The van der Waals surface area contributed by atoms with Gasteiger partial charge in [0.1, 0.15) is 5.82 Å². The van der Waals surface area contributed by atoms with Gasteiger partial charge in [-0.15, -0.1) is 0 Å². The van der Waals surface area contributed by atoms with Gasteiger partial charge >= 0.3 is 6.03 Å². The first-order valence-corrected chi connectivity index (χ1v) is 11.2. The molecule has 168 valence electrons. The van der Waals surface area contributed by atoms with Crippen molar-refractivity contribution < 1.29 is 4.79 Å². The van der Waals surface area contributed by atoms with Crippen LogP contribution in [0.3, 0.4) is 0 Å². The van der Waals surface area contributed by atoms with E-state index in [2.05, 4.69) is 30.9 Å². The van der Waals surface area contributed by atoms with Crippen molar-refractivity contribution in [1.82, 2.24) is 30.6 Å². The highest BCUT2D eigenvalue weighted by Crippen LogP contribution is 2.42. The molecule has 1 aliphatic carbocycles. The minimum atomic E-state index is -0.280. The molecule has 0 atom stereocenters. The molecule has 4 rings (SSSR count). The highest BCUT2D eigenvalue weighted by Gasteiger charge is 2.29. The number of imidazole rings is 1. The van der Waals surface area contributed by atoms with Gasteiger partial charge in [0.2, 0.25) is 5.95 Å². The van der Waals surface area contributed by atoms with Crippen molar-refractivity contribution in [2.45, 2.75) is 45.1 Å². The highest BCUT2D eigenvalue weighted by molar-refractivity contribution is 6.33. The van der Waals surface area contributed by atoms with Crippen LogP contribution in [0.2, 0.25) is 5.02 Å². The lowest BCUT2D eigenvalue weighted by Gasteiger charge is -2.20. The lowest BCUT2D eigenvalue weighted by Crippen LogP contribution is -2.47. The molecule has 0 saturated heterocycles. The van der Waals surface area contributed by atoms with Crippen molar-refractivity contribution in [3.8, 4) is 22.6 Å². The fourth-order valence-electron chi connectivity index (χ4n) is 3.29. The molecule has 2 heterocycles. The Morgan fingerprint density at radius 1 is 1.16 bits per heavy atom. The number of nitrogens with zero attached hydrogens (tertiary/aromatic N) is 3. The largest absolute Gasteiger partial charge is 0.352 e. The average Bonchev–Trinajstić information content (AvgIpc) is 3.49. The first-order chi connectivity index (χ1) is 15.3. The molecule has 0 radical (unpaired) electrons. The topological polar surface area (TPSA) is 108 Å². The molecule has 0 aliphatic heterocycles. The summed E-state index contributed by atoms with van der Waals surface area (Å²) in [5.74, 6) is 1.92. The van der Waals surface area contributed by atoms with E-state index >= 15 is 0 Å². The van der Waals surface area contributed by atoms with E-state index in [1.54, 1.807) is 6.20 Å². The summed E-state index contributed by atoms with van der Waals surface area (Å²) in [4.78, 5) is 29.2. The zero-order valence-corrected chi connectivity index (χ0v) is 19.3. The lowest BCUT2D eigenvalue weighted by atomic mass is 10.1. The van der Waals surface area contributed by atoms with E-state index in [9.17, 15) is 4.79 Å². The summed E-state index contributed by atoms with van der Waals surface area (Å²) < 4.78 is 0. The molecule has 0 bridgehead atoms. The number of hydrogen-bond acceptors (Lipinski definition) is 5. The van der Waals surface area contributed by atoms with E-state index in [4.69, 9.17) is 16.6 Å². The average molecular weight is 454 g/mol. The van der Waals surface area contributed by atoms with Gasteiger partial charge in [-0.05, 0) is 45.7 Å². The number of carbonyl (C=O) groups excluding carboxylic acids is 1. The minimum absolute atomic E-state index is 0.205. The maximum absolute atomic E-state index is 11.9. The van der Waals surface area contributed by atoms with E-state index in [-0.39, 0.29) is 11.6 Å². The van der Waals surface area contributed by atoms with Gasteiger partial charge in [0.15, 0.2) is 0 Å². The Morgan fingerprint density at radius 3 is 2.66 bits per heavy atom. The van der Waals surface area contributed by atoms with E-state index in [0.29, 0.717) is 30.0 Å². The van der Waals surface area contributed by atoms with Crippen LogP contribution in [0.4, 0.5) is 10.7 Å². The van der Waals surface area contributed by atoms with Crippen molar-refractivity contribution in [2.75, 3.05) is 18.4 Å². The summed E-state index contributed by atoms with van der Waals surface area (Å²) in [5, 5.41) is 9.48. The van der Waals surface area contributed by atoms with Gasteiger partial charge in [-0.1, -0.05) is 29.8 Å². The van der Waals surface area contributed by atoms with Gasteiger partial charge in [-0.25, -0.2) is 19.7 Å². The van der Waals surface area contributed by atoms with Crippen LogP contribution in [0.25, 0.3) is 22.6 Å². The van der Waals surface area contributed by atoms with Gasteiger partial charge in [0.05, 0.1) is 22.1 Å². The number of benzene rings is 1. The first kappa shape index (κ1) is 22.1. The van der Waals surface area contributed by atoms with Gasteiger partial charge in [-0.2, -0.15) is 0 Å². The summed E-state index contributed by atoms with van der Waals surface area (Å²) in [7, 11) is 0. The molecule has 9 heteroatoms. The maximum atomic E-state index is 11.9. The summed E-state index contributed by atoms with van der Waals surface area (Å²) in [6.45, 7) is 6.74. The van der Waals surface area contributed by atoms with Crippen LogP contribution < -0.4 is 16.0 Å². The summed E-state index contributed by atoms with van der Waals surface area (Å²) in [6.07, 6.45) is 3.99. The van der Waals surface area contributed by atoms with Crippen molar-refractivity contribution in [3.63, 3.8) is 0 Å². The Hall–Kier alpha value is -3.13. The molecular weight excluding hydrogens is 426 g/mol. The molecule has 4 N–H and O–H groups in total. The first-order valence-electron chi connectivity index (χ1n) is 10.8. The normalized spacial score (nSPS) is 13.6.